The Bertz CT molecular complexity index is 411. The summed E-state index contributed by atoms with van der Waals surface area (Å²) in [5.41, 5.74) is 0. The molecule has 0 fully saturated rings. The molecule has 1 atom stereocenters. The molecule has 0 aromatic rings. The van der Waals surface area contributed by atoms with Crippen molar-refractivity contribution in [1.82, 2.24) is 0 Å². The Morgan fingerprint density at radius 2 is 1.78 bits per heavy atom. The van der Waals surface area contributed by atoms with Crippen LogP contribution in [0.4, 0.5) is 21.4 Å². The predicted octanol–water partition coefficient (Wildman–Crippen LogP) is 1.27. The van der Waals surface area contributed by atoms with E-state index in [-0.39, 0.29) is 0 Å². The molecular weight excluding hydrogens is 315 g/mol. The van der Waals surface area contributed by atoms with Gasteiger partial charge in [-0.05, 0) is 0 Å². The van der Waals surface area contributed by atoms with Crippen LogP contribution in [0.15, 0.2) is 0 Å². The lowest BCUT2D eigenvalue weighted by Crippen LogP contribution is -2.50. The monoisotopic (exact) mass is 320 g/mol. The van der Waals surface area contributed by atoms with Crippen molar-refractivity contribution in [3.8, 4) is 0 Å². The number of alkyl halides is 5. The van der Waals surface area contributed by atoms with Crippen LogP contribution in [0.1, 0.15) is 0 Å². The van der Waals surface area contributed by atoms with E-state index in [9.17, 15) is 34.7 Å². The number of ether oxygens (including phenoxy) is 2. The first-order valence-electron chi connectivity index (χ1n) is 3.92. The third kappa shape index (κ3) is 3.42. The summed E-state index contributed by atoms with van der Waals surface area (Å²) in [5.74, 6) is -2.60. The minimum atomic E-state index is -6.95. The SMILES string of the molecule is COC(=O)C(CCl)OC(F)(F)C(F)(F)S(=O)(=O)F. The largest absolute Gasteiger partial charge is 0.467 e. The van der Waals surface area contributed by atoms with Gasteiger partial charge >= 0.3 is 27.6 Å². The van der Waals surface area contributed by atoms with Crippen molar-refractivity contribution in [2.45, 2.75) is 17.5 Å². The molecule has 0 aliphatic carbocycles. The highest BCUT2D eigenvalue weighted by molar-refractivity contribution is 7.87. The lowest BCUT2D eigenvalue weighted by atomic mass is 10.4. The van der Waals surface area contributed by atoms with Gasteiger partial charge in [0.1, 0.15) is 0 Å². The normalized spacial score (nSPS) is 15.3. The molecule has 0 aliphatic rings. The van der Waals surface area contributed by atoms with Crippen LogP contribution in [0.5, 0.6) is 0 Å². The summed E-state index contributed by atoms with van der Waals surface area (Å²) in [7, 11) is -6.23. The second-order valence-electron chi connectivity index (χ2n) is 2.76. The molecule has 12 heteroatoms. The lowest BCUT2D eigenvalue weighted by molar-refractivity contribution is -0.329. The molecule has 0 amide bonds. The number of rotatable bonds is 6. The van der Waals surface area contributed by atoms with Gasteiger partial charge in [0, 0.05) is 0 Å². The van der Waals surface area contributed by atoms with Gasteiger partial charge in [-0.1, -0.05) is 3.89 Å². The molecule has 0 bridgehead atoms. The van der Waals surface area contributed by atoms with Crippen molar-refractivity contribution in [2.24, 2.45) is 0 Å². The number of methoxy groups -OCH3 is 1. The Morgan fingerprint density at radius 1 is 1.33 bits per heavy atom. The van der Waals surface area contributed by atoms with Gasteiger partial charge in [0.15, 0.2) is 6.10 Å². The Hall–Kier alpha value is -0.680. The molecule has 108 valence electrons. The molecule has 1 unspecified atom stereocenters. The average molecular weight is 321 g/mol. The second kappa shape index (κ2) is 5.53. The smallest absolute Gasteiger partial charge is 0.464 e. The van der Waals surface area contributed by atoms with E-state index in [1.165, 1.54) is 0 Å². The molecule has 0 spiro atoms. The Kier molecular flexibility index (Phi) is 5.32. The van der Waals surface area contributed by atoms with E-state index < -0.39 is 39.5 Å². The Labute approximate surface area is 103 Å². The number of hydrogen-bond donors (Lipinski definition) is 0. The summed E-state index contributed by atoms with van der Waals surface area (Å²) >= 11 is 4.96. The molecule has 0 saturated carbocycles. The fourth-order valence-electron chi connectivity index (χ4n) is 0.663. The van der Waals surface area contributed by atoms with Crippen LogP contribution in [0, 0.1) is 0 Å². The minimum Gasteiger partial charge on any atom is -0.467 e. The van der Waals surface area contributed by atoms with Gasteiger partial charge in [0.2, 0.25) is 0 Å². The van der Waals surface area contributed by atoms with Crippen LogP contribution in [0.25, 0.3) is 0 Å². The molecule has 0 N–H and O–H groups in total. The maximum atomic E-state index is 12.8. The van der Waals surface area contributed by atoms with E-state index in [1.54, 1.807) is 0 Å². The molecule has 0 aliphatic heterocycles. The third-order valence-electron chi connectivity index (χ3n) is 1.54. The highest BCUT2D eigenvalue weighted by Crippen LogP contribution is 2.41. The van der Waals surface area contributed by atoms with Gasteiger partial charge in [-0.15, -0.1) is 11.6 Å². The standard InChI is InChI=1S/C6H6ClF5O5S/c1-16-4(13)3(2-7)17-5(8,9)6(10,11)18(12,14)15/h3H,2H2,1H3. The molecule has 0 heterocycles. The van der Waals surface area contributed by atoms with Crippen molar-refractivity contribution in [3.05, 3.63) is 0 Å². The van der Waals surface area contributed by atoms with Crippen LogP contribution >= 0.6 is 11.6 Å². The third-order valence-corrected chi connectivity index (χ3v) is 2.67. The molecule has 0 aromatic heterocycles. The topological polar surface area (TPSA) is 69.7 Å². The van der Waals surface area contributed by atoms with Crippen LogP contribution < -0.4 is 0 Å². The van der Waals surface area contributed by atoms with Gasteiger partial charge in [0.25, 0.3) is 0 Å². The molecule has 0 aromatic carbocycles. The first kappa shape index (κ1) is 17.3. The maximum Gasteiger partial charge on any atom is 0.464 e. The van der Waals surface area contributed by atoms with Crippen molar-refractivity contribution in [3.63, 3.8) is 0 Å². The fraction of sp³-hybridized carbons (Fsp3) is 0.833. The zero-order valence-electron chi connectivity index (χ0n) is 8.50. The van der Waals surface area contributed by atoms with Gasteiger partial charge in [-0.3, -0.25) is 4.74 Å². The summed E-state index contributed by atoms with van der Waals surface area (Å²) in [6.45, 7) is 0. The van der Waals surface area contributed by atoms with Gasteiger partial charge < -0.3 is 4.74 Å². The number of hydrogen-bond acceptors (Lipinski definition) is 5. The van der Waals surface area contributed by atoms with Crippen LogP contribution in [-0.2, 0) is 24.5 Å². The molecule has 0 rings (SSSR count). The molecule has 18 heavy (non-hydrogen) atoms. The average Bonchev–Trinajstić information content (AvgIpc) is 2.23. The van der Waals surface area contributed by atoms with E-state index in [0.717, 1.165) is 0 Å². The second-order valence-corrected chi connectivity index (χ2v) is 4.45. The number of esters is 1. The Morgan fingerprint density at radius 3 is 2.06 bits per heavy atom. The lowest BCUT2D eigenvalue weighted by Gasteiger charge is -2.25. The van der Waals surface area contributed by atoms with E-state index in [4.69, 9.17) is 11.6 Å². The minimum absolute atomic E-state index is 0.716. The van der Waals surface area contributed by atoms with Gasteiger partial charge in [-0.25, -0.2) is 4.79 Å². The number of halogens is 6. The van der Waals surface area contributed by atoms with E-state index >= 15 is 0 Å². The highest BCUT2D eigenvalue weighted by atomic mass is 35.5. The van der Waals surface area contributed by atoms with E-state index in [2.05, 4.69) is 9.47 Å². The molecule has 0 radical (unpaired) electrons. The molecule has 5 nitrogen and oxygen atoms in total. The van der Waals surface area contributed by atoms with Crippen molar-refractivity contribution >= 4 is 27.8 Å². The first-order chi connectivity index (χ1) is 7.90. The van der Waals surface area contributed by atoms with Gasteiger partial charge in [0.05, 0.1) is 13.0 Å². The zero-order chi connectivity index (χ0) is 14.8. The highest BCUT2D eigenvalue weighted by Gasteiger charge is 2.69. The van der Waals surface area contributed by atoms with E-state index in [0.29, 0.717) is 7.11 Å². The fourth-order valence-corrected chi connectivity index (χ4v) is 1.18. The molecular formula is C6H6ClF5O5S. The summed E-state index contributed by atoms with van der Waals surface area (Å²) in [5, 5.41) is -6.17. The zero-order valence-corrected chi connectivity index (χ0v) is 10.1. The van der Waals surface area contributed by atoms with Crippen molar-refractivity contribution in [2.75, 3.05) is 13.0 Å². The van der Waals surface area contributed by atoms with Crippen molar-refractivity contribution in [1.29, 1.82) is 0 Å². The van der Waals surface area contributed by atoms with Crippen LogP contribution in [0.2, 0.25) is 0 Å². The quantitative estimate of drug-likeness (QED) is 0.319. The van der Waals surface area contributed by atoms with Crippen molar-refractivity contribution < 1.29 is 44.1 Å². The number of carbonyl (C=O) groups excluding carboxylic acids is 1. The van der Waals surface area contributed by atoms with Crippen LogP contribution in [0.3, 0.4) is 0 Å². The van der Waals surface area contributed by atoms with Gasteiger partial charge in [-0.2, -0.15) is 26.0 Å². The summed E-state index contributed by atoms with van der Waals surface area (Å²) in [6, 6.07) is 0. The van der Waals surface area contributed by atoms with E-state index in [1.807, 2.05) is 0 Å². The van der Waals surface area contributed by atoms with Crippen LogP contribution in [-0.4, -0.2) is 44.8 Å². The summed E-state index contributed by atoms with van der Waals surface area (Å²) in [4.78, 5) is 10.7. The molecule has 0 saturated heterocycles. The first-order valence-corrected chi connectivity index (χ1v) is 5.84. The number of carbonyl (C=O) groups is 1. The maximum absolute atomic E-state index is 12.8. The summed E-state index contributed by atoms with van der Waals surface area (Å²) in [6.07, 6.45) is -8.19. The summed E-state index contributed by atoms with van der Waals surface area (Å²) < 4.78 is 89.5. The predicted molar refractivity (Wildman–Crippen MR) is 47.5 cm³/mol. The Balaban J connectivity index is 5.23.